The van der Waals surface area contributed by atoms with Gasteiger partial charge in [0, 0.05) is 0 Å². The van der Waals surface area contributed by atoms with Crippen molar-refractivity contribution in [1.29, 1.82) is 0 Å². The third kappa shape index (κ3) is 1.84. The van der Waals surface area contributed by atoms with Crippen LogP contribution in [0.4, 0.5) is 11.4 Å². The second kappa shape index (κ2) is 3.14. The summed E-state index contributed by atoms with van der Waals surface area (Å²) in [7, 11) is 0. The van der Waals surface area contributed by atoms with E-state index in [9.17, 15) is 0 Å². The van der Waals surface area contributed by atoms with Crippen molar-refractivity contribution in [1.82, 2.24) is 0 Å². The summed E-state index contributed by atoms with van der Waals surface area (Å²) in [5.41, 5.74) is 12.4. The Morgan fingerprint density at radius 3 is 2.92 bits per heavy atom. The summed E-state index contributed by atoms with van der Waals surface area (Å²) in [5, 5.41) is 0. The molecular weight excluding hydrogens is 168 g/mol. The average Bonchev–Trinajstić information content (AvgIpc) is 2.91. The van der Waals surface area contributed by atoms with Crippen LogP contribution in [-0.4, -0.2) is 19.3 Å². The number of anilines is 2. The molecule has 13 heavy (non-hydrogen) atoms. The highest BCUT2D eigenvalue weighted by Crippen LogP contribution is 2.27. The van der Waals surface area contributed by atoms with Crippen LogP contribution in [0.15, 0.2) is 18.2 Å². The van der Waals surface area contributed by atoms with Crippen LogP contribution in [0.2, 0.25) is 0 Å². The van der Waals surface area contributed by atoms with Crippen molar-refractivity contribution in [3.05, 3.63) is 18.2 Å². The Labute approximate surface area is 76.4 Å². The van der Waals surface area contributed by atoms with Gasteiger partial charge < -0.3 is 20.9 Å². The van der Waals surface area contributed by atoms with E-state index < -0.39 is 0 Å². The first-order valence-corrected chi connectivity index (χ1v) is 4.16. The molecule has 1 heterocycles. The highest BCUT2D eigenvalue weighted by molar-refractivity contribution is 5.70. The zero-order chi connectivity index (χ0) is 9.26. The van der Waals surface area contributed by atoms with Crippen molar-refractivity contribution >= 4 is 11.4 Å². The average molecular weight is 180 g/mol. The molecule has 0 aromatic heterocycles. The number of para-hydroxylation sites is 1. The maximum absolute atomic E-state index is 5.70. The zero-order valence-corrected chi connectivity index (χ0v) is 7.19. The van der Waals surface area contributed by atoms with Crippen molar-refractivity contribution in [2.75, 3.05) is 24.7 Å². The van der Waals surface area contributed by atoms with Gasteiger partial charge in [-0.15, -0.1) is 0 Å². The lowest BCUT2D eigenvalue weighted by Crippen LogP contribution is -2.06. The molecule has 1 fully saturated rings. The number of ether oxygens (including phenoxy) is 2. The van der Waals surface area contributed by atoms with E-state index in [4.69, 9.17) is 20.9 Å². The fraction of sp³-hybridized carbons (Fsp3) is 0.333. The molecule has 4 N–H and O–H groups in total. The topological polar surface area (TPSA) is 73.8 Å². The van der Waals surface area contributed by atoms with Crippen molar-refractivity contribution in [2.45, 2.75) is 6.10 Å². The van der Waals surface area contributed by atoms with Crippen LogP contribution < -0.4 is 16.2 Å². The van der Waals surface area contributed by atoms with Gasteiger partial charge in [-0.2, -0.15) is 0 Å². The lowest BCUT2D eigenvalue weighted by molar-refractivity contribution is 0.264. The van der Waals surface area contributed by atoms with Crippen molar-refractivity contribution in [3.8, 4) is 5.75 Å². The van der Waals surface area contributed by atoms with E-state index in [0.29, 0.717) is 23.7 Å². The van der Waals surface area contributed by atoms with Crippen LogP contribution >= 0.6 is 0 Å². The number of nitrogen functional groups attached to an aromatic ring is 2. The first kappa shape index (κ1) is 8.19. The maximum Gasteiger partial charge on any atom is 0.144 e. The lowest BCUT2D eigenvalue weighted by atomic mass is 10.2. The highest BCUT2D eigenvalue weighted by atomic mass is 16.6. The number of epoxide rings is 1. The van der Waals surface area contributed by atoms with Gasteiger partial charge in [0.25, 0.3) is 0 Å². The van der Waals surface area contributed by atoms with E-state index in [2.05, 4.69) is 0 Å². The second-order valence-electron chi connectivity index (χ2n) is 3.03. The molecule has 1 unspecified atom stereocenters. The summed E-state index contributed by atoms with van der Waals surface area (Å²) >= 11 is 0. The number of hydrogen-bond acceptors (Lipinski definition) is 4. The van der Waals surface area contributed by atoms with E-state index in [1.165, 1.54) is 0 Å². The monoisotopic (exact) mass is 180 g/mol. The first-order chi connectivity index (χ1) is 6.27. The van der Waals surface area contributed by atoms with Crippen LogP contribution in [-0.2, 0) is 4.74 Å². The quantitative estimate of drug-likeness (QED) is 0.528. The van der Waals surface area contributed by atoms with Crippen molar-refractivity contribution in [2.24, 2.45) is 0 Å². The predicted molar refractivity (Wildman–Crippen MR) is 50.5 cm³/mol. The molecule has 0 radical (unpaired) electrons. The predicted octanol–water partition coefficient (Wildman–Crippen LogP) is 0.629. The summed E-state index contributed by atoms with van der Waals surface area (Å²) < 4.78 is 10.4. The van der Waals surface area contributed by atoms with E-state index in [0.717, 1.165) is 6.61 Å². The van der Waals surface area contributed by atoms with Gasteiger partial charge in [0.1, 0.15) is 18.5 Å². The molecule has 0 amide bonds. The fourth-order valence-electron chi connectivity index (χ4n) is 1.03. The van der Waals surface area contributed by atoms with Crippen LogP contribution in [0.1, 0.15) is 0 Å². The molecule has 1 aliphatic heterocycles. The van der Waals surface area contributed by atoms with Gasteiger partial charge in [-0.05, 0) is 12.1 Å². The minimum atomic E-state index is 0.237. The highest BCUT2D eigenvalue weighted by Gasteiger charge is 2.23. The zero-order valence-electron chi connectivity index (χ0n) is 7.19. The normalized spacial score (nSPS) is 19.8. The van der Waals surface area contributed by atoms with Crippen LogP contribution in [0.3, 0.4) is 0 Å². The smallest absolute Gasteiger partial charge is 0.144 e. The van der Waals surface area contributed by atoms with E-state index in [-0.39, 0.29) is 6.10 Å². The Bertz CT molecular complexity index is 310. The molecule has 0 spiro atoms. The minimum Gasteiger partial charge on any atom is -0.489 e. The second-order valence-corrected chi connectivity index (χ2v) is 3.03. The van der Waals surface area contributed by atoms with Crippen molar-refractivity contribution in [3.63, 3.8) is 0 Å². The molecule has 1 atom stereocenters. The van der Waals surface area contributed by atoms with E-state index in [1.807, 2.05) is 6.07 Å². The minimum absolute atomic E-state index is 0.237. The third-order valence-electron chi connectivity index (χ3n) is 1.93. The Morgan fingerprint density at radius 1 is 1.46 bits per heavy atom. The van der Waals surface area contributed by atoms with Crippen LogP contribution in [0, 0.1) is 0 Å². The summed E-state index contributed by atoms with van der Waals surface area (Å²) in [4.78, 5) is 0. The molecule has 1 aromatic rings. The third-order valence-corrected chi connectivity index (χ3v) is 1.93. The first-order valence-electron chi connectivity index (χ1n) is 4.16. The van der Waals surface area contributed by atoms with Gasteiger partial charge in [-0.1, -0.05) is 6.07 Å². The Hall–Kier alpha value is -1.42. The number of benzene rings is 1. The van der Waals surface area contributed by atoms with Gasteiger partial charge in [-0.3, -0.25) is 0 Å². The van der Waals surface area contributed by atoms with Gasteiger partial charge in [-0.25, -0.2) is 0 Å². The Morgan fingerprint density at radius 2 is 2.23 bits per heavy atom. The number of nitrogens with two attached hydrogens (primary N) is 2. The molecule has 4 nitrogen and oxygen atoms in total. The van der Waals surface area contributed by atoms with Gasteiger partial charge in [0.05, 0.1) is 18.0 Å². The van der Waals surface area contributed by atoms with E-state index in [1.54, 1.807) is 12.1 Å². The largest absolute Gasteiger partial charge is 0.489 e. The molecule has 1 aromatic carbocycles. The van der Waals surface area contributed by atoms with Gasteiger partial charge in [0.2, 0.25) is 0 Å². The summed E-state index contributed by atoms with van der Waals surface area (Å²) in [6.45, 7) is 1.33. The summed E-state index contributed by atoms with van der Waals surface area (Å²) in [5.74, 6) is 0.635. The Balaban J connectivity index is 2.05. The number of rotatable bonds is 3. The molecule has 0 saturated carbocycles. The summed E-state index contributed by atoms with van der Waals surface area (Å²) in [6, 6.07) is 5.36. The maximum atomic E-state index is 5.70. The molecule has 0 bridgehead atoms. The lowest BCUT2D eigenvalue weighted by Gasteiger charge is -2.08. The molecule has 2 rings (SSSR count). The number of hydrogen-bond donors (Lipinski definition) is 2. The van der Waals surface area contributed by atoms with Crippen molar-refractivity contribution < 1.29 is 9.47 Å². The molecular formula is C9H12N2O2. The molecule has 0 aliphatic carbocycles. The van der Waals surface area contributed by atoms with Gasteiger partial charge >= 0.3 is 0 Å². The van der Waals surface area contributed by atoms with Gasteiger partial charge in [0.15, 0.2) is 0 Å². The SMILES string of the molecule is Nc1cccc(OCC2CO2)c1N. The molecule has 1 saturated heterocycles. The fourth-order valence-corrected chi connectivity index (χ4v) is 1.03. The summed E-state index contributed by atoms with van der Waals surface area (Å²) in [6.07, 6.45) is 0.237. The standard InChI is InChI=1S/C9H12N2O2/c10-7-2-1-3-8(9(7)11)13-5-6-4-12-6/h1-3,6H,4-5,10-11H2. The molecule has 4 heteroatoms. The van der Waals surface area contributed by atoms with Crippen LogP contribution in [0.5, 0.6) is 5.75 Å². The molecule has 1 aliphatic rings. The molecule has 70 valence electrons. The van der Waals surface area contributed by atoms with Crippen LogP contribution in [0.25, 0.3) is 0 Å². The van der Waals surface area contributed by atoms with E-state index >= 15 is 0 Å². The Kier molecular flexibility index (Phi) is 1.98.